The third-order valence-electron chi connectivity index (χ3n) is 5.44. The van der Waals surface area contributed by atoms with Crippen LogP contribution in [0.25, 0.3) is 0 Å². The summed E-state index contributed by atoms with van der Waals surface area (Å²) in [6.07, 6.45) is 2.47. The summed E-state index contributed by atoms with van der Waals surface area (Å²) in [4.78, 5) is 11.6. The van der Waals surface area contributed by atoms with Gasteiger partial charge in [-0.1, -0.05) is 0 Å². The first-order valence-electron chi connectivity index (χ1n) is 10.1. The molecular formula is C22H29N3O3. The van der Waals surface area contributed by atoms with Crippen molar-refractivity contribution in [2.24, 2.45) is 0 Å². The van der Waals surface area contributed by atoms with Gasteiger partial charge in [0.25, 0.3) is 5.88 Å². The molecule has 0 spiro atoms. The second kappa shape index (κ2) is 8.45. The van der Waals surface area contributed by atoms with Crippen molar-refractivity contribution in [2.75, 3.05) is 26.3 Å². The molecule has 150 valence electrons. The van der Waals surface area contributed by atoms with Gasteiger partial charge in [-0.05, 0) is 70.0 Å². The largest absolute Gasteiger partial charge is 0.484 e. The maximum Gasteiger partial charge on any atom is 0.257 e. The minimum absolute atomic E-state index is 0.215. The molecule has 0 bridgehead atoms. The van der Waals surface area contributed by atoms with Gasteiger partial charge in [-0.15, -0.1) is 0 Å². The van der Waals surface area contributed by atoms with Gasteiger partial charge >= 0.3 is 0 Å². The summed E-state index contributed by atoms with van der Waals surface area (Å²) in [6.45, 7) is 10.0. The monoisotopic (exact) mass is 383 g/mol. The van der Waals surface area contributed by atoms with Gasteiger partial charge in [-0.3, -0.25) is 9.88 Å². The van der Waals surface area contributed by atoms with Crippen LogP contribution in [0.5, 0.6) is 11.6 Å². The van der Waals surface area contributed by atoms with Crippen LogP contribution in [0.3, 0.4) is 0 Å². The van der Waals surface area contributed by atoms with Crippen molar-refractivity contribution < 1.29 is 14.2 Å². The minimum Gasteiger partial charge on any atom is -0.484 e. The lowest BCUT2D eigenvalue weighted by Gasteiger charge is -2.36. The maximum absolute atomic E-state index is 6.25. The number of pyridine rings is 2. The molecule has 0 saturated carbocycles. The Bertz CT molecular complexity index is 806. The molecule has 2 aliphatic rings. The topological polar surface area (TPSA) is 56.7 Å². The van der Waals surface area contributed by atoms with Crippen LogP contribution in [0.4, 0.5) is 0 Å². The SMILES string of the molecule is Cc1cc(CO[C@H]2CCCN([C@@H](C)c3ccc4c(n3)OCCO4)C2)cc(C)n1. The fourth-order valence-electron chi connectivity index (χ4n) is 4.04. The highest BCUT2D eigenvalue weighted by Gasteiger charge is 2.26. The first-order chi connectivity index (χ1) is 13.6. The zero-order valence-electron chi connectivity index (χ0n) is 17.0. The summed E-state index contributed by atoms with van der Waals surface area (Å²) in [5.41, 5.74) is 4.30. The number of nitrogens with zero attached hydrogens (tertiary/aromatic N) is 3. The molecule has 0 amide bonds. The van der Waals surface area contributed by atoms with Gasteiger partial charge in [0.1, 0.15) is 13.2 Å². The van der Waals surface area contributed by atoms with Crippen molar-refractivity contribution >= 4 is 0 Å². The smallest absolute Gasteiger partial charge is 0.257 e. The quantitative estimate of drug-likeness (QED) is 0.786. The number of rotatable bonds is 5. The summed E-state index contributed by atoms with van der Waals surface area (Å²) in [6, 6.07) is 8.45. The van der Waals surface area contributed by atoms with E-state index in [1.165, 1.54) is 5.56 Å². The highest BCUT2D eigenvalue weighted by atomic mass is 16.6. The molecule has 1 fully saturated rings. The third kappa shape index (κ3) is 4.45. The lowest BCUT2D eigenvalue weighted by atomic mass is 10.0. The number of fused-ring (bicyclic) bond motifs is 1. The molecule has 4 heterocycles. The normalized spacial score (nSPS) is 20.8. The zero-order valence-corrected chi connectivity index (χ0v) is 17.0. The van der Waals surface area contributed by atoms with E-state index in [0.717, 1.165) is 48.8 Å². The van der Waals surface area contributed by atoms with Gasteiger partial charge in [0.15, 0.2) is 5.75 Å². The Balaban J connectivity index is 1.37. The molecule has 0 aliphatic carbocycles. The van der Waals surface area contributed by atoms with Crippen LogP contribution < -0.4 is 9.47 Å². The van der Waals surface area contributed by atoms with E-state index in [4.69, 9.17) is 14.2 Å². The van der Waals surface area contributed by atoms with E-state index in [-0.39, 0.29) is 12.1 Å². The summed E-state index contributed by atoms with van der Waals surface area (Å²) in [7, 11) is 0. The number of aryl methyl sites for hydroxylation is 2. The first kappa shape index (κ1) is 19.2. The lowest BCUT2D eigenvalue weighted by Crippen LogP contribution is -2.41. The van der Waals surface area contributed by atoms with E-state index >= 15 is 0 Å². The predicted octanol–water partition coefficient (Wildman–Crippen LogP) is 3.61. The molecule has 0 radical (unpaired) electrons. The molecule has 2 atom stereocenters. The molecule has 0 N–H and O–H groups in total. The Morgan fingerprint density at radius 1 is 1.14 bits per heavy atom. The summed E-state index contributed by atoms with van der Waals surface area (Å²) < 4.78 is 17.5. The molecule has 6 heteroatoms. The number of ether oxygens (including phenoxy) is 3. The molecule has 6 nitrogen and oxygen atoms in total. The van der Waals surface area contributed by atoms with Crippen molar-refractivity contribution in [1.29, 1.82) is 0 Å². The molecular weight excluding hydrogens is 354 g/mol. The molecule has 28 heavy (non-hydrogen) atoms. The first-order valence-corrected chi connectivity index (χ1v) is 10.1. The second-order valence-corrected chi connectivity index (χ2v) is 7.74. The average Bonchev–Trinajstić information content (AvgIpc) is 2.71. The molecule has 2 aromatic rings. The Labute approximate surface area is 166 Å². The fourth-order valence-corrected chi connectivity index (χ4v) is 4.04. The van der Waals surface area contributed by atoms with Crippen LogP contribution in [-0.2, 0) is 11.3 Å². The zero-order chi connectivity index (χ0) is 19.5. The Morgan fingerprint density at radius 3 is 2.75 bits per heavy atom. The molecule has 2 aromatic heterocycles. The average molecular weight is 383 g/mol. The van der Waals surface area contributed by atoms with E-state index in [0.29, 0.717) is 25.7 Å². The molecule has 0 unspecified atom stereocenters. The van der Waals surface area contributed by atoms with E-state index in [2.05, 4.69) is 33.9 Å². The highest BCUT2D eigenvalue weighted by molar-refractivity contribution is 5.36. The number of hydrogen-bond acceptors (Lipinski definition) is 6. The van der Waals surface area contributed by atoms with Crippen LogP contribution in [0.15, 0.2) is 24.3 Å². The second-order valence-electron chi connectivity index (χ2n) is 7.74. The van der Waals surface area contributed by atoms with Crippen molar-refractivity contribution in [3.8, 4) is 11.6 Å². The van der Waals surface area contributed by atoms with E-state index in [1.54, 1.807) is 0 Å². The van der Waals surface area contributed by atoms with Gasteiger partial charge in [0.2, 0.25) is 0 Å². The molecule has 1 saturated heterocycles. The van der Waals surface area contributed by atoms with Gasteiger partial charge in [0, 0.05) is 24.0 Å². The summed E-state index contributed by atoms with van der Waals surface area (Å²) in [5.74, 6) is 1.36. The maximum atomic E-state index is 6.25. The molecule has 2 aliphatic heterocycles. The Morgan fingerprint density at radius 2 is 1.93 bits per heavy atom. The van der Waals surface area contributed by atoms with Crippen LogP contribution in [0.1, 0.15) is 48.5 Å². The van der Waals surface area contributed by atoms with Crippen LogP contribution in [-0.4, -0.2) is 47.3 Å². The van der Waals surface area contributed by atoms with Gasteiger partial charge < -0.3 is 14.2 Å². The van der Waals surface area contributed by atoms with Gasteiger partial charge in [0.05, 0.1) is 18.4 Å². The number of likely N-dealkylation sites (tertiary alicyclic amines) is 1. The van der Waals surface area contributed by atoms with Crippen molar-refractivity contribution in [1.82, 2.24) is 14.9 Å². The highest BCUT2D eigenvalue weighted by Crippen LogP contribution is 2.31. The standard InChI is InChI=1S/C22H29N3O3/c1-15-11-18(12-16(2)23-15)14-28-19-5-4-8-25(13-19)17(3)20-6-7-21-22(24-20)27-10-9-26-21/h6-7,11-12,17,19H,4-5,8-10,13-14H2,1-3H3/t17-,19-/m0/s1. The van der Waals surface area contributed by atoms with Crippen molar-refractivity contribution in [3.05, 3.63) is 46.9 Å². The third-order valence-corrected chi connectivity index (χ3v) is 5.44. The van der Waals surface area contributed by atoms with Gasteiger partial charge in [-0.25, -0.2) is 4.98 Å². The summed E-state index contributed by atoms with van der Waals surface area (Å²) >= 11 is 0. The molecule has 4 rings (SSSR count). The van der Waals surface area contributed by atoms with Crippen LogP contribution >= 0.6 is 0 Å². The van der Waals surface area contributed by atoms with E-state index in [1.807, 2.05) is 26.0 Å². The van der Waals surface area contributed by atoms with E-state index in [9.17, 15) is 0 Å². The Hall–Kier alpha value is -2.18. The Kier molecular flexibility index (Phi) is 5.78. The van der Waals surface area contributed by atoms with Crippen LogP contribution in [0, 0.1) is 13.8 Å². The van der Waals surface area contributed by atoms with Crippen molar-refractivity contribution in [3.63, 3.8) is 0 Å². The lowest BCUT2D eigenvalue weighted by molar-refractivity contribution is -0.0204. The minimum atomic E-state index is 0.215. The van der Waals surface area contributed by atoms with Crippen molar-refractivity contribution in [2.45, 2.75) is 52.4 Å². The van der Waals surface area contributed by atoms with Gasteiger partial charge in [-0.2, -0.15) is 0 Å². The molecule has 0 aromatic carbocycles. The predicted molar refractivity (Wildman–Crippen MR) is 107 cm³/mol. The number of piperidine rings is 1. The van der Waals surface area contributed by atoms with Crippen LogP contribution in [0.2, 0.25) is 0 Å². The number of aromatic nitrogens is 2. The fraction of sp³-hybridized carbons (Fsp3) is 0.545. The van der Waals surface area contributed by atoms with E-state index < -0.39 is 0 Å². The summed E-state index contributed by atoms with van der Waals surface area (Å²) in [5, 5.41) is 0. The number of hydrogen-bond donors (Lipinski definition) is 0.